The molecule has 0 saturated heterocycles. The number of allylic oxidation sites excluding steroid dienone is 4. The third kappa shape index (κ3) is 2.24. The standard InChI is InChI=1S/C20H27ClO2Si/c1-4-8-24(21,9-5-2)23-19(22)20(3)12-15-11-16(20)18-14-7-6-13(10-14)17(15)18/h4-7,13-18H,1-2,8-12H2,3H3. The molecule has 0 aromatic rings. The van der Waals surface area contributed by atoms with Crippen LogP contribution in [0.1, 0.15) is 26.2 Å². The fourth-order valence-corrected chi connectivity index (χ4v) is 9.11. The van der Waals surface area contributed by atoms with E-state index >= 15 is 0 Å². The number of rotatable bonds is 6. The Labute approximate surface area is 150 Å². The summed E-state index contributed by atoms with van der Waals surface area (Å²) in [6, 6.07) is 1.16. The quantitative estimate of drug-likeness (QED) is 0.285. The lowest BCUT2D eigenvalue weighted by molar-refractivity contribution is -0.151. The zero-order valence-electron chi connectivity index (χ0n) is 14.4. The number of hydrogen-bond donors (Lipinski definition) is 0. The highest BCUT2D eigenvalue weighted by Crippen LogP contribution is 2.70. The van der Waals surface area contributed by atoms with Crippen LogP contribution in [0, 0.1) is 40.9 Å². The molecule has 130 valence electrons. The second kappa shape index (κ2) is 5.60. The maximum Gasteiger partial charge on any atom is 0.358 e. The summed E-state index contributed by atoms with van der Waals surface area (Å²) in [4.78, 5) is 13.2. The van der Waals surface area contributed by atoms with E-state index in [1.165, 1.54) is 12.8 Å². The molecule has 4 heteroatoms. The molecule has 4 aliphatic rings. The molecule has 0 aromatic heterocycles. The van der Waals surface area contributed by atoms with Crippen molar-refractivity contribution >= 4 is 24.7 Å². The summed E-state index contributed by atoms with van der Waals surface area (Å²) in [5, 5.41) is 0. The molecule has 3 saturated carbocycles. The van der Waals surface area contributed by atoms with Gasteiger partial charge >= 0.3 is 7.63 Å². The molecule has 0 aromatic carbocycles. The summed E-state index contributed by atoms with van der Waals surface area (Å²) < 4.78 is 5.99. The Kier molecular flexibility index (Phi) is 3.89. The van der Waals surface area contributed by atoms with Crippen molar-refractivity contribution in [1.29, 1.82) is 0 Å². The molecule has 0 amide bonds. The molecule has 0 N–H and O–H groups in total. The second-order valence-corrected chi connectivity index (χ2v) is 13.4. The van der Waals surface area contributed by atoms with Crippen molar-refractivity contribution in [1.82, 2.24) is 0 Å². The molecule has 7 unspecified atom stereocenters. The molecule has 0 spiro atoms. The molecular weight excluding hydrogens is 336 g/mol. The Morgan fingerprint density at radius 1 is 1.25 bits per heavy atom. The Morgan fingerprint density at radius 2 is 1.88 bits per heavy atom. The van der Waals surface area contributed by atoms with Gasteiger partial charge in [0.05, 0.1) is 5.41 Å². The largest absolute Gasteiger partial charge is 0.503 e. The van der Waals surface area contributed by atoms with E-state index in [9.17, 15) is 4.79 Å². The van der Waals surface area contributed by atoms with Gasteiger partial charge in [0.2, 0.25) is 0 Å². The van der Waals surface area contributed by atoms with E-state index < -0.39 is 7.63 Å². The van der Waals surface area contributed by atoms with E-state index in [1.54, 1.807) is 12.2 Å². The van der Waals surface area contributed by atoms with Gasteiger partial charge in [-0.25, -0.2) is 0 Å². The molecule has 3 fully saturated rings. The number of hydrogen-bond acceptors (Lipinski definition) is 2. The number of carbonyl (C=O) groups excluding carboxylic acids is 1. The van der Waals surface area contributed by atoms with Gasteiger partial charge < -0.3 is 4.43 Å². The van der Waals surface area contributed by atoms with Crippen molar-refractivity contribution in [3.63, 3.8) is 0 Å². The molecule has 7 atom stereocenters. The molecule has 4 rings (SSSR count). The summed E-state index contributed by atoms with van der Waals surface area (Å²) in [5.74, 6) is 4.11. The van der Waals surface area contributed by atoms with Gasteiger partial charge in [0, 0.05) is 12.1 Å². The smallest absolute Gasteiger partial charge is 0.358 e. The zero-order valence-corrected chi connectivity index (χ0v) is 16.2. The van der Waals surface area contributed by atoms with Crippen molar-refractivity contribution in [2.24, 2.45) is 40.9 Å². The van der Waals surface area contributed by atoms with E-state index in [2.05, 4.69) is 32.2 Å². The predicted octanol–water partition coefficient (Wildman–Crippen LogP) is 5.07. The first kappa shape index (κ1) is 16.7. The van der Waals surface area contributed by atoms with E-state index in [0.29, 0.717) is 35.8 Å². The third-order valence-electron chi connectivity index (χ3n) is 7.29. The van der Waals surface area contributed by atoms with Gasteiger partial charge in [0.15, 0.2) is 0 Å². The van der Waals surface area contributed by atoms with Crippen LogP contribution in [-0.4, -0.2) is 13.6 Å². The first-order valence-electron chi connectivity index (χ1n) is 9.24. The summed E-state index contributed by atoms with van der Waals surface area (Å²) in [7, 11) is -2.63. The highest BCUT2D eigenvalue weighted by atomic mass is 35.6. The van der Waals surface area contributed by atoms with Gasteiger partial charge in [-0.05, 0) is 61.7 Å². The predicted molar refractivity (Wildman–Crippen MR) is 99.7 cm³/mol. The number of fused-ring (bicyclic) bond motifs is 9. The summed E-state index contributed by atoms with van der Waals surface area (Å²) in [5.41, 5.74) is -0.348. The van der Waals surface area contributed by atoms with Crippen LogP contribution in [0.2, 0.25) is 12.1 Å². The molecule has 0 radical (unpaired) electrons. The van der Waals surface area contributed by atoms with Crippen LogP contribution in [0.15, 0.2) is 37.5 Å². The highest BCUT2D eigenvalue weighted by Gasteiger charge is 2.67. The minimum Gasteiger partial charge on any atom is -0.503 e. The van der Waals surface area contributed by atoms with Gasteiger partial charge in [0.1, 0.15) is 0 Å². The topological polar surface area (TPSA) is 26.3 Å². The lowest BCUT2D eigenvalue weighted by Gasteiger charge is -2.42. The van der Waals surface area contributed by atoms with Gasteiger partial charge in [-0.2, -0.15) is 0 Å². The van der Waals surface area contributed by atoms with Gasteiger partial charge in [-0.3, -0.25) is 4.79 Å². The van der Waals surface area contributed by atoms with E-state index in [4.69, 9.17) is 15.5 Å². The SMILES string of the molecule is C=CC[Si](Cl)(CC=C)OC(=O)C1(C)CC2CC1C1C3C=CC(C3)C21. The number of halogens is 1. The average molecular weight is 363 g/mol. The average Bonchev–Trinajstić information content (AvgIpc) is 3.25. The van der Waals surface area contributed by atoms with Crippen molar-refractivity contribution in [2.75, 3.05) is 0 Å². The molecule has 4 aliphatic carbocycles. The molecule has 2 nitrogen and oxygen atoms in total. The van der Waals surface area contributed by atoms with Crippen LogP contribution in [0.5, 0.6) is 0 Å². The third-order valence-corrected chi connectivity index (χ3v) is 10.8. The molecule has 0 aliphatic heterocycles. The second-order valence-electron chi connectivity index (χ2n) is 8.59. The number of carbonyl (C=O) groups is 1. The fourth-order valence-electron chi connectivity index (χ4n) is 6.48. The molecule has 24 heavy (non-hydrogen) atoms. The van der Waals surface area contributed by atoms with Gasteiger partial charge in [-0.1, -0.05) is 24.3 Å². The lowest BCUT2D eigenvalue weighted by Crippen LogP contribution is -2.46. The Balaban J connectivity index is 1.54. The van der Waals surface area contributed by atoms with Crippen molar-refractivity contribution in [2.45, 2.75) is 38.3 Å². The first-order chi connectivity index (χ1) is 11.4. The Hall–Kier alpha value is -0.803. The van der Waals surface area contributed by atoms with Crippen LogP contribution < -0.4 is 0 Å². The first-order valence-corrected chi connectivity index (χ1v) is 12.6. The maximum absolute atomic E-state index is 13.2. The van der Waals surface area contributed by atoms with E-state index in [0.717, 1.165) is 18.3 Å². The monoisotopic (exact) mass is 362 g/mol. The van der Waals surface area contributed by atoms with E-state index in [-0.39, 0.29) is 11.4 Å². The lowest BCUT2D eigenvalue weighted by atomic mass is 9.63. The van der Waals surface area contributed by atoms with Crippen LogP contribution >= 0.6 is 11.1 Å². The fraction of sp³-hybridized carbons (Fsp3) is 0.650. The summed E-state index contributed by atoms with van der Waals surface area (Å²) in [6.45, 7) is 9.69. The van der Waals surface area contributed by atoms with Crippen molar-refractivity contribution in [3.05, 3.63) is 37.5 Å². The minimum atomic E-state index is -2.63. The van der Waals surface area contributed by atoms with Crippen molar-refractivity contribution in [3.8, 4) is 0 Å². The van der Waals surface area contributed by atoms with Gasteiger partial charge in [-0.15, -0.1) is 24.2 Å². The summed E-state index contributed by atoms with van der Waals surface area (Å²) >= 11 is 6.69. The van der Waals surface area contributed by atoms with Crippen LogP contribution in [-0.2, 0) is 9.22 Å². The minimum absolute atomic E-state index is 0.0504. The summed E-state index contributed by atoms with van der Waals surface area (Å²) in [6.07, 6.45) is 11.9. The van der Waals surface area contributed by atoms with Gasteiger partial charge in [0.25, 0.3) is 5.97 Å². The molecule has 4 bridgehead atoms. The Morgan fingerprint density at radius 3 is 2.50 bits per heavy atom. The van der Waals surface area contributed by atoms with Crippen LogP contribution in [0.25, 0.3) is 0 Å². The highest BCUT2D eigenvalue weighted by molar-refractivity contribution is 7.17. The van der Waals surface area contributed by atoms with Crippen molar-refractivity contribution < 1.29 is 9.22 Å². The normalized spacial score (nSPS) is 44.6. The maximum atomic E-state index is 13.2. The molecular formula is C20H27ClO2Si. The van der Waals surface area contributed by atoms with Crippen LogP contribution in [0.4, 0.5) is 0 Å². The zero-order chi connectivity index (χ0) is 17.1. The molecule has 0 heterocycles. The van der Waals surface area contributed by atoms with E-state index in [1.807, 2.05) is 0 Å². The van der Waals surface area contributed by atoms with Crippen LogP contribution in [0.3, 0.4) is 0 Å². The Bertz CT molecular complexity index is 605.